The molecule has 40 heavy (non-hydrogen) atoms. The van der Waals surface area contributed by atoms with Crippen LogP contribution in [0.4, 0.5) is 0 Å². The van der Waals surface area contributed by atoms with Crippen LogP contribution in [0.3, 0.4) is 0 Å². The Morgan fingerprint density at radius 2 is 1.00 bits per heavy atom. The van der Waals surface area contributed by atoms with Gasteiger partial charge in [-0.1, -0.05) is 45.4 Å². The first-order chi connectivity index (χ1) is 18.9. The van der Waals surface area contributed by atoms with Crippen molar-refractivity contribution in [3.63, 3.8) is 0 Å². The second-order valence-electron chi connectivity index (χ2n) is 11.3. The first kappa shape index (κ1) is 31.3. The number of H-pyrrole nitrogens is 2. The van der Waals surface area contributed by atoms with Gasteiger partial charge in [-0.3, -0.25) is 0 Å². The van der Waals surface area contributed by atoms with E-state index < -0.39 is 0 Å². The number of aromatic nitrogens is 2. The summed E-state index contributed by atoms with van der Waals surface area (Å²) in [5.41, 5.74) is 11.0. The van der Waals surface area contributed by atoms with E-state index in [-0.39, 0.29) is 30.1 Å². The van der Waals surface area contributed by atoms with Crippen LogP contribution in [0.25, 0.3) is 0 Å². The maximum absolute atomic E-state index is 13.4. The zero-order valence-electron chi connectivity index (χ0n) is 26.3. The molecule has 0 aliphatic rings. The van der Waals surface area contributed by atoms with Crippen molar-refractivity contribution in [2.45, 2.75) is 120 Å². The molecule has 1 aromatic carbocycles. The minimum absolute atomic E-state index is 0.112. The number of aromatic amines is 2. The van der Waals surface area contributed by atoms with Crippen molar-refractivity contribution in [1.29, 1.82) is 0 Å². The van der Waals surface area contributed by atoms with Crippen LogP contribution < -0.4 is 0 Å². The molecule has 0 spiro atoms. The largest absolute Gasteiger partial charge is 0.459 e. The summed E-state index contributed by atoms with van der Waals surface area (Å²) < 4.78 is 11.7. The lowest BCUT2D eigenvalue weighted by Gasteiger charge is -2.23. The van der Waals surface area contributed by atoms with Crippen LogP contribution in [0.15, 0.2) is 12.1 Å². The highest BCUT2D eigenvalue weighted by molar-refractivity contribution is 5.94. The van der Waals surface area contributed by atoms with Crippen molar-refractivity contribution in [3.05, 3.63) is 79.4 Å². The van der Waals surface area contributed by atoms with Gasteiger partial charge in [0, 0.05) is 22.8 Å². The molecule has 6 heteroatoms. The summed E-state index contributed by atoms with van der Waals surface area (Å²) in [5, 5.41) is 0. The van der Waals surface area contributed by atoms with Gasteiger partial charge in [-0.2, -0.15) is 0 Å². The molecule has 0 saturated carbocycles. The van der Waals surface area contributed by atoms with Crippen molar-refractivity contribution >= 4 is 11.9 Å². The van der Waals surface area contributed by atoms with Crippen LogP contribution in [0.5, 0.6) is 0 Å². The van der Waals surface area contributed by atoms with E-state index in [4.69, 9.17) is 9.47 Å². The predicted octanol–water partition coefficient (Wildman–Crippen LogP) is 8.37. The van der Waals surface area contributed by atoms with E-state index in [1.165, 1.54) is 5.56 Å². The third-order valence-corrected chi connectivity index (χ3v) is 8.33. The zero-order valence-corrected chi connectivity index (χ0v) is 26.3. The summed E-state index contributed by atoms with van der Waals surface area (Å²) in [6, 6.07) is 4.38. The average Bonchev–Trinajstić information content (AvgIpc) is 3.36. The molecule has 0 fully saturated rings. The summed E-state index contributed by atoms with van der Waals surface area (Å²) in [6.45, 7) is 22.3. The van der Waals surface area contributed by atoms with Gasteiger partial charge in [0.15, 0.2) is 0 Å². The van der Waals surface area contributed by atoms with Crippen molar-refractivity contribution in [1.82, 2.24) is 9.97 Å². The number of carbonyl (C=O) groups is 2. The summed E-state index contributed by atoms with van der Waals surface area (Å²) in [5.74, 6) is -0.838. The normalized spacial score (nSPS) is 11.7. The fourth-order valence-electron chi connectivity index (χ4n) is 6.15. The molecule has 0 aliphatic carbocycles. The van der Waals surface area contributed by atoms with Crippen molar-refractivity contribution < 1.29 is 19.1 Å². The van der Waals surface area contributed by atoms with Crippen molar-refractivity contribution in [3.8, 4) is 0 Å². The topological polar surface area (TPSA) is 84.2 Å². The number of hydrogen-bond donors (Lipinski definition) is 2. The molecule has 3 rings (SSSR count). The number of rotatable bonds is 11. The molecule has 0 unspecified atom stereocenters. The number of nitrogens with one attached hydrogen (secondary N) is 2. The standard InChI is InChI=1S/C34H48N2O4/c1-12-25(13-2)39-33(37)28-21(8)31(35-23(28)10)30(27-19(6)16-18(5)17-20(27)7)32-22(9)29(24(11)36-32)34(38)40-26(14-3)15-4/h16-17,25-26,30,35-36H,12-15H2,1-11H3. The number of benzene rings is 1. The fraction of sp³-hybridized carbons (Fsp3) is 0.529. The highest BCUT2D eigenvalue weighted by Gasteiger charge is 2.33. The Morgan fingerprint density at radius 3 is 1.32 bits per heavy atom. The molecular weight excluding hydrogens is 500 g/mol. The summed E-state index contributed by atoms with van der Waals surface area (Å²) in [6.07, 6.45) is 2.88. The summed E-state index contributed by atoms with van der Waals surface area (Å²) >= 11 is 0. The van der Waals surface area contributed by atoms with Gasteiger partial charge in [0.05, 0.1) is 17.0 Å². The Kier molecular flexibility index (Phi) is 10.1. The van der Waals surface area contributed by atoms with E-state index in [0.29, 0.717) is 11.1 Å². The average molecular weight is 549 g/mol. The van der Waals surface area contributed by atoms with Crippen LogP contribution in [0, 0.1) is 48.5 Å². The van der Waals surface area contributed by atoms with Gasteiger partial charge in [-0.05, 0) is 102 Å². The molecule has 0 bridgehead atoms. The molecule has 2 heterocycles. The summed E-state index contributed by atoms with van der Waals surface area (Å²) in [4.78, 5) is 33.9. The maximum Gasteiger partial charge on any atom is 0.340 e. The third-order valence-electron chi connectivity index (χ3n) is 8.33. The van der Waals surface area contributed by atoms with E-state index in [2.05, 4.69) is 42.9 Å². The maximum atomic E-state index is 13.4. The van der Waals surface area contributed by atoms with Crippen LogP contribution in [0.2, 0.25) is 0 Å². The van der Waals surface area contributed by atoms with E-state index in [1.807, 2.05) is 55.4 Å². The molecule has 2 aromatic heterocycles. The smallest absolute Gasteiger partial charge is 0.340 e. The molecule has 0 radical (unpaired) electrons. The Labute approximate surface area is 240 Å². The van der Waals surface area contributed by atoms with Gasteiger partial charge in [0.1, 0.15) is 12.2 Å². The van der Waals surface area contributed by atoms with Crippen LogP contribution >= 0.6 is 0 Å². The zero-order chi connectivity index (χ0) is 29.9. The minimum Gasteiger partial charge on any atom is -0.459 e. The highest BCUT2D eigenvalue weighted by atomic mass is 16.5. The first-order valence-corrected chi connectivity index (χ1v) is 14.8. The third kappa shape index (κ3) is 6.06. The number of ether oxygens (including phenoxy) is 2. The Morgan fingerprint density at radius 1 is 0.650 bits per heavy atom. The molecular formula is C34H48N2O4. The molecule has 218 valence electrons. The van der Waals surface area contributed by atoms with Crippen LogP contribution in [-0.2, 0) is 9.47 Å². The molecule has 0 atom stereocenters. The molecule has 3 aromatic rings. The van der Waals surface area contributed by atoms with Gasteiger partial charge in [-0.15, -0.1) is 0 Å². The van der Waals surface area contributed by atoms with Crippen molar-refractivity contribution in [2.24, 2.45) is 0 Å². The van der Waals surface area contributed by atoms with Gasteiger partial charge in [0.2, 0.25) is 0 Å². The lowest BCUT2D eigenvalue weighted by molar-refractivity contribution is 0.0273. The van der Waals surface area contributed by atoms with Gasteiger partial charge in [-0.25, -0.2) is 9.59 Å². The van der Waals surface area contributed by atoms with E-state index in [9.17, 15) is 9.59 Å². The Hall–Kier alpha value is -3.28. The van der Waals surface area contributed by atoms with E-state index in [1.54, 1.807) is 0 Å². The van der Waals surface area contributed by atoms with Crippen molar-refractivity contribution in [2.75, 3.05) is 0 Å². The van der Waals surface area contributed by atoms with E-state index in [0.717, 1.165) is 76.3 Å². The molecule has 2 N–H and O–H groups in total. The number of aryl methyl sites for hydroxylation is 5. The SMILES string of the molecule is CCC(CC)OC(=O)c1c(C)[nH]c(C(c2[nH]c(C)c(C(=O)OC(CC)CC)c2C)c2c(C)cc(C)cc2C)c1C. The summed E-state index contributed by atoms with van der Waals surface area (Å²) in [7, 11) is 0. The lowest BCUT2D eigenvalue weighted by Crippen LogP contribution is -2.18. The monoisotopic (exact) mass is 548 g/mol. The number of esters is 2. The quantitative estimate of drug-likeness (QED) is 0.236. The van der Waals surface area contributed by atoms with E-state index >= 15 is 0 Å². The fourth-order valence-corrected chi connectivity index (χ4v) is 6.15. The Balaban J connectivity index is 2.25. The Bertz CT molecular complexity index is 1270. The molecule has 6 nitrogen and oxygen atoms in total. The minimum atomic E-state index is -0.295. The van der Waals surface area contributed by atoms with Gasteiger partial charge < -0.3 is 19.4 Å². The highest BCUT2D eigenvalue weighted by Crippen LogP contribution is 2.41. The van der Waals surface area contributed by atoms with Gasteiger partial charge >= 0.3 is 11.9 Å². The lowest BCUT2D eigenvalue weighted by atomic mass is 9.82. The second-order valence-corrected chi connectivity index (χ2v) is 11.3. The predicted molar refractivity (Wildman–Crippen MR) is 162 cm³/mol. The van der Waals surface area contributed by atoms with Crippen LogP contribution in [-0.4, -0.2) is 34.1 Å². The van der Waals surface area contributed by atoms with Crippen LogP contribution in [0.1, 0.15) is 136 Å². The first-order valence-electron chi connectivity index (χ1n) is 14.8. The number of carbonyl (C=O) groups excluding carboxylic acids is 2. The molecule has 0 aliphatic heterocycles. The second kappa shape index (κ2) is 12.9. The molecule has 0 saturated heterocycles. The van der Waals surface area contributed by atoms with Gasteiger partial charge in [0.25, 0.3) is 0 Å². The number of hydrogen-bond acceptors (Lipinski definition) is 4. The molecule has 0 amide bonds.